The summed E-state index contributed by atoms with van der Waals surface area (Å²) >= 11 is 0. The van der Waals surface area contributed by atoms with Crippen molar-refractivity contribution < 1.29 is 4.74 Å². The van der Waals surface area contributed by atoms with E-state index >= 15 is 0 Å². The van der Waals surface area contributed by atoms with Crippen LogP contribution in [0.3, 0.4) is 0 Å². The van der Waals surface area contributed by atoms with Crippen LogP contribution in [0, 0.1) is 0 Å². The molecule has 0 aromatic heterocycles. The molecule has 2 aliphatic rings. The van der Waals surface area contributed by atoms with Crippen LogP contribution in [-0.4, -0.2) is 49.8 Å². The van der Waals surface area contributed by atoms with E-state index < -0.39 is 0 Å². The van der Waals surface area contributed by atoms with Crippen molar-refractivity contribution in [2.45, 2.75) is 38.3 Å². The lowest BCUT2D eigenvalue weighted by Crippen LogP contribution is -2.40. The van der Waals surface area contributed by atoms with Gasteiger partial charge in [-0.1, -0.05) is 0 Å². The molecule has 2 rings (SSSR count). The summed E-state index contributed by atoms with van der Waals surface area (Å²) in [6.07, 6.45) is 4.31. The second-order valence-electron chi connectivity index (χ2n) is 4.59. The van der Waals surface area contributed by atoms with E-state index in [1.54, 1.807) is 0 Å². The molecule has 1 N–H and O–H groups in total. The number of hydrogen-bond donors (Lipinski definition) is 1. The van der Waals surface area contributed by atoms with Crippen molar-refractivity contribution in [1.82, 2.24) is 10.2 Å². The molecule has 3 nitrogen and oxygen atoms in total. The van der Waals surface area contributed by atoms with Crippen LogP contribution in [0.2, 0.25) is 0 Å². The monoisotopic (exact) mass is 198 g/mol. The van der Waals surface area contributed by atoms with Gasteiger partial charge in [0.25, 0.3) is 0 Å². The number of ether oxygens (including phenoxy) is 1. The topological polar surface area (TPSA) is 24.5 Å². The van der Waals surface area contributed by atoms with Crippen LogP contribution in [0.5, 0.6) is 0 Å². The lowest BCUT2D eigenvalue weighted by atomic mass is 10.2. The van der Waals surface area contributed by atoms with Gasteiger partial charge in [-0.2, -0.15) is 0 Å². The fourth-order valence-electron chi connectivity index (χ4n) is 2.47. The lowest BCUT2D eigenvalue weighted by Gasteiger charge is -2.24. The molecule has 0 aliphatic carbocycles. The maximum atomic E-state index is 5.64. The summed E-state index contributed by atoms with van der Waals surface area (Å²) in [6.45, 7) is 7.87. The van der Waals surface area contributed by atoms with Crippen LogP contribution in [0.1, 0.15) is 26.2 Å². The van der Waals surface area contributed by atoms with Crippen LogP contribution in [0.15, 0.2) is 0 Å². The van der Waals surface area contributed by atoms with E-state index in [2.05, 4.69) is 17.1 Å². The van der Waals surface area contributed by atoms with E-state index in [9.17, 15) is 0 Å². The Labute approximate surface area is 86.8 Å². The quantitative estimate of drug-likeness (QED) is 0.712. The first kappa shape index (κ1) is 10.4. The number of hydrogen-bond acceptors (Lipinski definition) is 3. The lowest BCUT2D eigenvalue weighted by molar-refractivity contribution is 0.0667. The molecule has 2 heterocycles. The second-order valence-corrected chi connectivity index (χ2v) is 4.59. The molecule has 2 fully saturated rings. The molecule has 14 heavy (non-hydrogen) atoms. The zero-order chi connectivity index (χ0) is 9.80. The van der Waals surface area contributed by atoms with E-state index in [1.807, 2.05) is 0 Å². The molecular formula is C11H22N2O. The summed E-state index contributed by atoms with van der Waals surface area (Å²) < 4.78 is 5.64. The van der Waals surface area contributed by atoms with Gasteiger partial charge in [0.1, 0.15) is 0 Å². The van der Waals surface area contributed by atoms with Gasteiger partial charge in [0.15, 0.2) is 0 Å². The maximum absolute atomic E-state index is 5.64. The van der Waals surface area contributed by atoms with Gasteiger partial charge in [-0.25, -0.2) is 0 Å². The average molecular weight is 198 g/mol. The van der Waals surface area contributed by atoms with E-state index in [-0.39, 0.29) is 0 Å². The molecule has 2 unspecified atom stereocenters. The summed E-state index contributed by atoms with van der Waals surface area (Å²) in [5.41, 5.74) is 0. The minimum atomic E-state index is 0.416. The van der Waals surface area contributed by atoms with E-state index in [4.69, 9.17) is 4.74 Å². The first-order valence-corrected chi connectivity index (χ1v) is 5.92. The van der Waals surface area contributed by atoms with Gasteiger partial charge in [-0.05, 0) is 32.7 Å². The molecule has 82 valence electrons. The van der Waals surface area contributed by atoms with Gasteiger partial charge in [-0.15, -0.1) is 0 Å². The molecule has 0 saturated carbocycles. The van der Waals surface area contributed by atoms with Crippen molar-refractivity contribution in [1.29, 1.82) is 0 Å². The summed E-state index contributed by atoms with van der Waals surface area (Å²) in [5.74, 6) is 0. The molecule has 0 amide bonds. The fraction of sp³-hybridized carbons (Fsp3) is 1.00. The third-order valence-electron chi connectivity index (χ3n) is 3.18. The summed E-state index contributed by atoms with van der Waals surface area (Å²) in [6, 6.07) is 0.736. The SMILES string of the molecule is CC1CN(CC2CCCN2)CCCO1. The Bertz CT molecular complexity index is 169. The third-order valence-corrected chi connectivity index (χ3v) is 3.18. The highest BCUT2D eigenvalue weighted by Crippen LogP contribution is 2.10. The Morgan fingerprint density at radius 2 is 2.36 bits per heavy atom. The van der Waals surface area contributed by atoms with Crippen molar-refractivity contribution in [2.75, 3.05) is 32.8 Å². The molecule has 0 bridgehead atoms. The molecule has 0 aromatic carbocycles. The highest BCUT2D eigenvalue weighted by atomic mass is 16.5. The third kappa shape index (κ3) is 2.94. The van der Waals surface area contributed by atoms with Crippen molar-refractivity contribution in [2.24, 2.45) is 0 Å². The molecule has 3 heteroatoms. The molecule has 2 saturated heterocycles. The highest BCUT2D eigenvalue weighted by Gasteiger charge is 2.20. The van der Waals surface area contributed by atoms with E-state index in [0.717, 1.165) is 19.2 Å². The van der Waals surface area contributed by atoms with Crippen molar-refractivity contribution in [3.8, 4) is 0 Å². The predicted molar refractivity (Wildman–Crippen MR) is 57.5 cm³/mol. The Morgan fingerprint density at radius 3 is 3.14 bits per heavy atom. The predicted octanol–water partition coefficient (Wildman–Crippen LogP) is 0.849. The zero-order valence-electron chi connectivity index (χ0n) is 9.17. The molecular weight excluding hydrogens is 176 g/mol. The Hall–Kier alpha value is -0.120. The second kappa shape index (κ2) is 5.10. The van der Waals surface area contributed by atoms with Gasteiger partial charge in [0, 0.05) is 32.3 Å². The normalized spacial score (nSPS) is 35.8. The van der Waals surface area contributed by atoms with E-state index in [0.29, 0.717) is 6.10 Å². The van der Waals surface area contributed by atoms with Gasteiger partial charge in [0.05, 0.1) is 6.10 Å². The van der Waals surface area contributed by atoms with Crippen LogP contribution >= 0.6 is 0 Å². The fourth-order valence-corrected chi connectivity index (χ4v) is 2.47. The minimum Gasteiger partial charge on any atom is -0.377 e. The first-order chi connectivity index (χ1) is 6.84. The van der Waals surface area contributed by atoms with Gasteiger partial charge < -0.3 is 10.1 Å². The average Bonchev–Trinajstić information content (AvgIpc) is 2.56. The molecule has 2 atom stereocenters. The number of nitrogens with zero attached hydrogens (tertiary/aromatic N) is 1. The van der Waals surface area contributed by atoms with Crippen LogP contribution in [0.25, 0.3) is 0 Å². The first-order valence-electron chi connectivity index (χ1n) is 5.92. The molecule has 2 aliphatic heterocycles. The van der Waals surface area contributed by atoms with Gasteiger partial charge in [-0.3, -0.25) is 4.90 Å². The Morgan fingerprint density at radius 1 is 1.43 bits per heavy atom. The Balaban J connectivity index is 1.77. The highest BCUT2D eigenvalue weighted by molar-refractivity contribution is 4.79. The Kier molecular flexibility index (Phi) is 3.79. The minimum absolute atomic E-state index is 0.416. The largest absolute Gasteiger partial charge is 0.377 e. The zero-order valence-corrected chi connectivity index (χ0v) is 9.17. The smallest absolute Gasteiger partial charge is 0.0673 e. The van der Waals surface area contributed by atoms with Crippen LogP contribution < -0.4 is 5.32 Å². The van der Waals surface area contributed by atoms with Crippen LogP contribution in [0.4, 0.5) is 0 Å². The molecule has 0 spiro atoms. The number of rotatable bonds is 2. The maximum Gasteiger partial charge on any atom is 0.0673 e. The van der Waals surface area contributed by atoms with Crippen LogP contribution in [-0.2, 0) is 4.74 Å². The summed E-state index contributed by atoms with van der Waals surface area (Å²) in [5, 5.41) is 3.56. The van der Waals surface area contributed by atoms with Crippen molar-refractivity contribution in [3.63, 3.8) is 0 Å². The van der Waals surface area contributed by atoms with Gasteiger partial charge in [0.2, 0.25) is 0 Å². The standard InChI is InChI=1S/C11H22N2O/c1-10-8-13(6-3-7-14-10)9-11-4-2-5-12-11/h10-12H,2-9H2,1H3. The van der Waals surface area contributed by atoms with Crippen molar-refractivity contribution >= 4 is 0 Å². The summed E-state index contributed by atoms with van der Waals surface area (Å²) in [4.78, 5) is 2.56. The van der Waals surface area contributed by atoms with Gasteiger partial charge >= 0.3 is 0 Å². The summed E-state index contributed by atoms with van der Waals surface area (Å²) in [7, 11) is 0. The molecule has 0 radical (unpaired) electrons. The van der Waals surface area contributed by atoms with E-state index in [1.165, 1.54) is 38.9 Å². The molecule has 0 aromatic rings. The number of nitrogens with one attached hydrogen (secondary N) is 1. The van der Waals surface area contributed by atoms with Crippen molar-refractivity contribution in [3.05, 3.63) is 0 Å².